The molecule has 4 rings (SSSR count). The van der Waals surface area contributed by atoms with Gasteiger partial charge in [0.25, 0.3) is 5.69 Å². The fourth-order valence-electron chi connectivity index (χ4n) is 3.15. The number of nitro groups is 1. The second kappa shape index (κ2) is 6.53. The maximum atomic E-state index is 11.1. The van der Waals surface area contributed by atoms with Crippen LogP contribution in [0, 0.1) is 24.0 Å². The second-order valence-corrected chi connectivity index (χ2v) is 7.50. The van der Waals surface area contributed by atoms with Crippen LogP contribution in [0.4, 0.5) is 11.4 Å². The fourth-order valence-corrected chi connectivity index (χ4v) is 4.13. The lowest BCUT2D eigenvalue weighted by Gasteiger charge is -2.08. The zero-order chi connectivity index (χ0) is 18.3. The van der Waals surface area contributed by atoms with Crippen LogP contribution in [0.2, 0.25) is 0 Å². The summed E-state index contributed by atoms with van der Waals surface area (Å²) in [7, 11) is 0. The van der Waals surface area contributed by atoms with Gasteiger partial charge in [0.15, 0.2) is 4.80 Å². The van der Waals surface area contributed by atoms with E-state index in [1.807, 2.05) is 12.1 Å². The summed E-state index contributed by atoms with van der Waals surface area (Å²) in [6.07, 6.45) is 2.25. The fraction of sp³-hybridized carbons (Fsp3) is 0.250. The highest BCUT2D eigenvalue weighted by Gasteiger charge is 2.27. The number of hydrogen-bond acceptors (Lipinski definition) is 4. The van der Waals surface area contributed by atoms with Crippen molar-refractivity contribution in [2.24, 2.45) is 4.99 Å². The van der Waals surface area contributed by atoms with Crippen molar-refractivity contribution in [3.05, 3.63) is 73.9 Å². The van der Waals surface area contributed by atoms with Gasteiger partial charge in [-0.15, -0.1) is 11.3 Å². The van der Waals surface area contributed by atoms with Gasteiger partial charge in [-0.3, -0.25) is 10.1 Å². The van der Waals surface area contributed by atoms with Gasteiger partial charge in [-0.2, -0.15) is 0 Å². The third kappa shape index (κ3) is 3.08. The van der Waals surface area contributed by atoms with Gasteiger partial charge in [0, 0.05) is 29.1 Å². The largest absolute Gasteiger partial charge is 0.313 e. The molecule has 132 valence electrons. The molecular weight excluding hydrogens is 346 g/mol. The maximum Gasteiger partial charge on any atom is 0.270 e. The Bertz CT molecular complexity index is 1040. The number of nitro benzene ring substituents is 1. The van der Waals surface area contributed by atoms with Crippen LogP contribution in [-0.4, -0.2) is 9.49 Å². The first-order valence-electron chi connectivity index (χ1n) is 8.60. The van der Waals surface area contributed by atoms with Gasteiger partial charge in [-0.25, -0.2) is 4.99 Å². The predicted octanol–water partition coefficient (Wildman–Crippen LogP) is 5.31. The molecule has 0 radical (unpaired) electrons. The molecule has 2 aromatic carbocycles. The van der Waals surface area contributed by atoms with Crippen LogP contribution < -0.4 is 4.80 Å². The number of aryl methyl sites for hydroxylation is 2. The number of hydrogen-bond donors (Lipinski definition) is 0. The molecule has 1 saturated carbocycles. The van der Waals surface area contributed by atoms with Crippen LogP contribution in [0.3, 0.4) is 0 Å². The molecule has 1 aliphatic carbocycles. The van der Waals surface area contributed by atoms with Gasteiger partial charge >= 0.3 is 0 Å². The normalized spacial score (nSPS) is 14.6. The highest BCUT2D eigenvalue weighted by molar-refractivity contribution is 7.07. The van der Waals surface area contributed by atoms with Crippen molar-refractivity contribution in [1.82, 2.24) is 4.57 Å². The topological polar surface area (TPSA) is 60.4 Å². The smallest absolute Gasteiger partial charge is 0.270 e. The van der Waals surface area contributed by atoms with E-state index >= 15 is 0 Å². The van der Waals surface area contributed by atoms with Crippen molar-refractivity contribution in [3.63, 3.8) is 0 Å². The lowest BCUT2D eigenvalue weighted by atomic mass is 10.1. The number of thiazole rings is 1. The number of aromatic nitrogens is 1. The van der Waals surface area contributed by atoms with Gasteiger partial charge in [0.1, 0.15) is 0 Å². The Hall–Kier alpha value is -2.73. The third-order valence-corrected chi connectivity index (χ3v) is 5.49. The molecule has 0 unspecified atom stereocenters. The minimum absolute atomic E-state index is 0.115. The number of nitrogens with zero attached hydrogens (tertiary/aromatic N) is 3. The Morgan fingerprint density at radius 3 is 2.50 bits per heavy atom. The van der Waals surface area contributed by atoms with E-state index in [4.69, 9.17) is 4.99 Å². The highest BCUT2D eigenvalue weighted by Crippen LogP contribution is 2.38. The van der Waals surface area contributed by atoms with Crippen molar-refractivity contribution in [2.75, 3.05) is 0 Å². The van der Waals surface area contributed by atoms with E-state index in [2.05, 4.69) is 35.9 Å². The Kier molecular flexibility index (Phi) is 4.20. The van der Waals surface area contributed by atoms with Crippen molar-refractivity contribution >= 4 is 22.7 Å². The number of non-ortho nitro benzene ring substituents is 1. The lowest BCUT2D eigenvalue weighted by molar-refractivity contribution is -0.384. The molecule has 0 saturated heterocycles. The molecule has 1 aliphatic rings. The first-order chi connectivity index (χ1) is 12.5. The quantitative estimate of drug-likeness (QED) is 0.465. The Labute approximate surface area is 155 Å². The van der Waals surface area contributed by atoms with Gasteiger partial charge in [-0.1, -0.05) is 30.3 Å². The van der Waals surface area contributed by atoms with Crippen molar-refractivity contribution < 1.29 is 4.92 Å². The van der Waals surface area contributed by atoms with Crippen molar-refractivity contribution in [1.29, 1.82) is 0 Å². The molecule has 5 nitrogen and oxygen atoms in total. The molecule has 3 aromatic rings. The standard InChI is InChI=1S/C20H19N3O2S/c1-13-5-3-6-14(2)19(13)21-20-22(16-9-10-16)18(12-26-20)15-7-4-8-17(11-15)23(24)25/h3-8,11-12,16H,9-10H2,1-2H3. The summed E-state index contributed by atoms with van der Waals surface area (Å²) >= 11 is 1.59. The summed E-state index contributed by atoms with van der Waals surface area (Å²) in [5.41, 5.74) is 5.30. The molecular formula is C20H19N3O2S. The minimum Gasteiger partial charge on any atom is -0.313 e. The first-order valence-corrected chi connectivity index (χ1v) is 9.48. The van der Waals surface area contributed by atoms with Crippen LogP contribution >= 0.6 is 11.3 Å². The van der Waals surface area contributed by atoms with E-state index in [9.17, 15) is 10.1 Å². The van der Waals surface area contributed by atoms with Crippen molar-refractivity contribution in [3.8, 4) is 11.3 Å². The number of para-hydroxylation sites is 1. The minimum atomic E-state index is -0.348. The van der Waals surface area contributed by atoms with Gasteiger partial charge in [0.05, 0.1) is 16.3 Å². The second-order valence-electron chi connectivity index (χ2n) is 6.66. The average molecular weight is 365 g/mol. The van der Waals surface area contributed by atoms with E-state index in [0.29, 0.717) is 6.04 Å². The van der Waals surface area contributed by atoms with Crippen molar-refractivity contribution in [2.45, 2.75) is 32.7 Å². The lowest BCUT2D eigenvalue weighted by Crippen LogP contribution is -2.14. The SMILES string of the molecule is Cc1cccc(C)c1N=c1scc(-c2cccc([N+](=O)[O-])c2)n1C1CC1. The van der Waals surface area contributed by atoms with E-state index in [1.54, 1.807) is 23.5 Å². The van der Waals surface area contributed by atoms with Gasteiger partial charge in [0.2, 0.25) is 0 Å². The summed E-state index contributed by atoms with van der Waals surface area (Å²) in [5.74, 6) is 0. The zero-order valence-electron chi connectivity index (χ0n) is 14.7. The molecule has 1 heterocycles. The first kappa shape index (κ1) is 16.7. The van der Waals surface area contributed by atoms with Crippen LogP contribution in [0.5, 0.6) is 0 Å². The summed E-state index contributed by atoms with van der Waals surface area (Å²) in [6.45, 7) is 4.14. The van der Waals surface area contributed by atoms with Crippen LogP contribution in [0.25, 0.3) is 11.3 Å². The summed E-state index contributed by atoms with van der Waals surface area (Å²) in [4.78, 5) is 16.7. The zero-order valence-corrected chi connectivity index (χ0v) is 15.5. The van der Waals surface area contributed by atoms with Crippen LogP contribution in [-0.2, 0) is 0 Å². The van der Waals surface area contributed by atoms with Crippen LogP contribution in [0.15, 0.2) is 52.8 Å². The third-order valence-electron chi connectivity index (χ3n) is 4.65. The van der Waals surface area contributed by atoms with E-state index in [0.717, 1.165) is 45.7 Å². The summed E-state index contributed by atoms with van der Waals surface area (Å²) in [6, 6.07) is 13.5. The van der Waals surface area contributed by atoms with Gasteiger partial charge in [-0.05, 0) is 37.8 Å². The monoisotopic (exact) mass is 365 g/mol. The van der Waals surface area contributed by atoms with E-state index in [-0.39, 0.29) is 10.6 Å². The summed E-state index contributed by atoms with van der Waals surface area (Å²) in [5, 5.41) is 13.2. The van der Waals surface area contributed by atoms with E-state index < -0.39 is 0 Å². The predicted molar refractivity (Wildman–Crippen MR) is 104 cm³/mol. The molecule has 0 spiro atoms. The van der Waals surface area contributed by atoms with Gasteiger partial charge < -0.3 is 4.57 Å². The maximum absolute atomic E-state index is 11.1. The van der Waals surface area contributed by atoms with Crippen LogP contribution in [0.1, 0.15) is 30.0 Å². The Morgan fingerprint density at radius 1 is 1.15 bits per heavy atom. The number of benzene rings is 2. The van der Waals surface area contributed by atoms with E-state index in [1.165, 1.54) is 6.07 Å². The number of rotatable bonds is 4. The summed E-state index contributed by atoms with van der Waals surface area (Å²) < 4.78 is 2.25. The average Bonchev–Trinajstić information content (AvgIpc) is 3.38. The Balaban J connectivity index is 1.88. The molecule has 0 aliphatic heterocycles. The molecule has 1 aromatic heterocycles. The molecule has 0 bridgehead atoms. The Morgan fingerprint density at radius 2 is 1.85 bits per heavy atom. The molecule has 26 heavy (non-hydrogen) atoms. The highest BCUT2D eigenvalue weighted by atomic mass is 32.1. The molecule has 6 heteroatoms. The molecule has 0 atom stereocenters. The molecule has 0 N–H and O–H groups in total. The molecule has 1 fully saturated rings. The molecule has 0 amide bonds.